The van der Waals surface area contributed by atoms with Crippen LogP contribution < -0.4 is 16.0 Å². The van der Waals surface area contributed by atoms with Crippen LogP contribution in [0.25, 0.3) is 0 Å². The quantitative estimate of drug-likeness (QED) is 0.337. The van der Waals surface area contributed by atoms with E-state index in [9.17, 15) is 24.6 Å². The molecule has 9 nitrogen and oxygen atoms in total. The lowest BCUT2D eigenvalue weighted by molar-refractivity contribution is -0.218. The van der Waals surface area contributed by atoms with E-state index in [1.54, 1.807) is 91.0 Å². The van der Waals surface area contributed by atoms with Crippen LogP contribution in [-0.4, -0.2) is 65.1 Å². The summed E-state index contributed by atoms with van der Waals surface area (Å²) in [6.45, 7) is -0.136. The zero-order valence-corrected chi connectivity index (χ0v) is 19.3. The minimum Gasteiger partial charge on any atom is -0.388 e. The second-order valence-corrected chi connectivity index (χ2v) is 8.36. The zero-order chi connectivity index (χ0) is 25.5. The summed E-state index contributed by atoms with van der Waals surface area (Å²) in [5, 5.41) is 29.9. The molecular weight excluding hydrogens is 462 g/mol. The van der Waals surface area contributed by atoms with Gasteiger partial charge in [-0.3, -0.25) is 14.4 Å². The molecule has 1 fully saturated rings. The Morgan fingerprint density at radius 1 is 0.639 bits per heavy atom. The molecule has 5 unspecified atom stereocenters. The highest BCUT2D eigenvalue weighted by molar-refractivity contribution is 5.96. The Labute approximate surface area is 208 Å². The summed E-state index contributed by atoms with van der Waals surface area (Å²) >= 11 is 0. The maximum Gasteiger partial charge on any atom is 0.251 e. The fourth-order valence-corrected chi connectivity index (χ4v) is 4.00. The van der Waals surface area contributed by atoms with Gasteiger partial charge in [-0.25, -0.2) is 0 Å². The highest BCUT2D eigenvalue weighted by Gasteiger charge is 2.46. The van der Waals surface area contributed by atoms with Crippen LogP contribution in [0, 0.1) is 0 Å². The van der Waals surface area contributed by atoms with Crippen molar-refractivity contribution in [3.8, 4) is 0 Å². The second kappa shape index (κ2) is 11.6. The topological polar surface area (TPSA) is 137 Å². The van der Waals surface area contributed by atoms with Gasteiger partial charge in [-0.15, -0.1) is 0 Å². The number of hydrogen-bond acceptors (Lipinski definition) is 6. The molecule has 1 heterocycles. The van der Waals surface area contributed by atoms with Crippen molar-refractivity contribution in [2.24, 2.45) is 0 Å². The average molecular weight is 490 g/mol. The van der Waals surface area contributed by atoms with Gasteiger partial charge in [0, 0.05) is 23.2 Å². The predicted octanol–water partition coefficient (Wildman–Crippen LogP) is 1.09. The van der Waals surface area contributed by atoms with Gasteiger partial charge < -0.3 is 30.9 Å². The molecule has 1 saturated heterocycles. The Bertz CT molecular complexity index is 1180. The molecule has 3 aromatic rings. The molecule has 4 rings (SSSR count). The molecule has 0 aliphatic carbocycles. The molecule has 1 aliphatic heterocycles. The van der Waals surface area contributed by atoms with Crippen molar-refractivity contribution in [3.63, 3.8) is 0 Å². The van der Waals surface area contributed by atoms with Crippen LogP contribution in [0.5, 0.6) is 0 Å². The predicted molar refractivity (Wildman–Crippen MR) is 131 cm³/mol. The molecule has 0 spiro atoms. The van der Waals surface area contributed by atoms with Crippen LogP contribution >= 0.6 is 0 Å². The van der Waals surface area contributed by atoms with E-state index in [1.807, 2.05) is 0 Å². The molecule has 0 bridgehead atoms. The van der Waals surface area contributed by atoms with Crippen molar-refractivity contribution >= 4 is 17.7 Å². The summed E-state index contributed by atoms with van der Waals surface area (Å²) in [6, 6.07) is 22.9. The zero-order valence-electron chi connectivity index (χ0n) is 19.3. The number of aliphatic hydroxyl groups excluding tert-OH is 2. The van der Waals surface area contributed by atoms with Gasteiger partial charge in [0.15, 0.2) is 6.29 Å². The van der Waals surface area contributed by atoms with E-state index in [2.05, 4.69) is 16.0 Å². The van der Waals surface area contributed by atoms with Crippen LogP contribution in [0.1, 0.15) is 31.1 Å². The van der Waals surface area contributed by atoms with Crippen molar-refractivity contribution in [1.29, 1.82) is 0 Å². The van der Waals surface area contributed by atoms with Gasteiger partial charge in [0.2, 0.25) is 0 Å². The third-order valence-electron chi connectivity index (χ3n) is 5.92. The molecule has 0 aromatic heterocycles. The molecule has 0 radical (unpaired) electrons. The van der Waals surface area contributed by atoms with E-state index < -0.39 is 42.4 Å². The minimum atomic E-state index is -1.57. The van der Waals surface area contributed by atoms with Crippen LogP contribution in [0.15, 0.2) is 91.0 Å². The molecular formula is C27H27N3O6. The van der Waals surface area contributed by atoms with E-state index in [0.29, 0.717) is 16.7 Å². The third-order valence-corrected chi connectivity index (χ3v) is 5.92. The monoisotopic (exact) mass is 489 g/mol. The summed E-state index contributed by atoms with van der Waals surface area (Å²) in [5.41, 5.74) is 1.10. The Balaban J connectivity index is 1.52. The van der Waals surface area contributed by atoms with Gasteiger partial charge in [-0.05, 0) is 36.4 Å². The number of benzene rings is 3. The first-order valence-electron chi connectivity index (χ1n) is 11.5. The maximum atomic E-state index is 12.9. The molecule has 5 N–H and O–H groups in total. The van der Waals surface area contributed by atoms with Gasteiger partial charge >= 0.3 is 0 Å². The van der Waals surface area contributed by atoms with Crippen molar-refractivity contribution in [1.82, 2.24) is 16.0 Å². The Kier molecular flexibility index (Phi) is 8.06. The molecule has 3 amide bonds. The number of hydrogen-bond donors (Lipinski definition) is 5. The van der Waals surface area contributed by atoms with E-state index in [0.717, 1.165) is 0 Å². The Morgan fingerprint density at radius 3 is 1.53 bits per heavy atom. The standard InChI is InChI=1S/C27H27N3O6/c31-23-20(16-28-24(32)17-10-4-1-5-11-17)36-27(35)22(30-26(34)19-14-8-3-9-15-19)21(23)29-25(33)18-12-6-2-7-13-18/h1-15,20-23,27,31,35H,16H2,(H,28,32)(H,29,33)(H,30,34). The summed E-state index contributed by atoms with van der Waals surface area (Å²) in [5.74, 6) is -1.39. The summed E-state index contributed by atoms with van der Waals surface area (Å²) in [4.78, 5) is 38.1. The van der Waals surface area contributed by atoms with Gasteiger partial charge in [0.1, 0.15) is 18.2 Å². The van der Waals surface area contributed by atoms with Crippen LogP contribution in [0.4, 0.5) is 0 Å². The molecule has 36 heavy (non-hydrogen) atoms. The third kappa shape index (κ3) is 5.95. The Hall–Kier alpha value is -4.05. The molecule has 1 aliphatic rings. The van der Waals surface area contributed by atoms with E-state index in [4.69, 9.17) is 4.74 Å². The minimum absolute atomic E-state index is 0.136. The highest BCUT2D eigenvalue weighted by atomic mass is 16.6. The summed E-state index contributed by atoms with van der Waals surface area (Å²) < 4.78 is 5.58. The first-order chi connectivity index (χ1) is 17.4. The lowest BCUT2D eigenvalue weighted by Gasteiger charge is -2.43. The SMILES string of the molecule is O=C(NCC1OC(O)C(NC(=O)c2ccccc2)C(NC(=O)c2ccccc2)C1O)c1ccccc1. The lowest BCUT2D eigenvalue weighted by atomic mass is 9.92. The average Bonchev–Trinajstić information content (AvgIpc) is 2.92. The number of nitrogens with one attached hydrogen (secondary N) is 3. The number of carbonyl (C=O) groups excluding carboxylic acids is 3. The first-order valence-corrected chi connectivity index (χ1v) is 11.5. The van der Waals surface area contributed by atoms with Gasteiger partial charge in [0.05, 0.1) is 6.04 Å². The molecule has 186 valence electrons. The molecule has 0 saturated carbocycles. The molecule has 3 aromatic carbocycles. The first kappa shape index (κ1) is 25.1. The Morgan fingerprint density at radius 2 is 1.06 bits per heavy atom. The molecule has 5 atom stereocenters. The van der Waals surface area contributed by atoms with Gasteiger partial charge in [0.25, 0.3) is 17.7 Å². The highest BCUT2D eigenvalue weighted by Crippen LogP contribution is 2.21. The van der Waals surface area contributed by atoms with Crippen LogP contribution in [-0.2, 0) is 4.74 Å². The van der Waals surface area contributed by atoms with Crippen molar-refractivity contribution in [3.05, 3.63) is 108 Å². The number of carbonyl (C=O) groups is 3. The fraction of sp³-hybridized carbons (Fsp3) is 0.222. The van der Waals surface area contributed by atoms with Crippen molar-refractivity contribution < 1.29 is 29.3 Å². The maximum absolute atomic E-state index is 12.9. The lowest BCUT2D eigenvalue weighted by Crippen LogP contribution is -2.69. The molecule has 9 heteroatoms. The van der Waals surface area contributed by atoms with Crippen LogP contribution in [0.2, 0.25) is 0 Å². The normalized spacial score (nSPS) is 23.3. The number of ether oxygens (including phenoxy) is 1. The van der Waals surface area contributed by atoms with Crippen molar-refractivity contribution in [2.45, 2.75) is 30.6 Å². The van der Waals surface area contributed by atoms with Gasteiger partial charge in [-0.1, -0.05) is 54.6 Å². The second-order valence-electron chi connectivity index (χ2n) is 8.36. The smallest absolute Gasteiger partial charge is 0.251 e. The van der Waals surface area contributed by atoms with E-state index >= 15 is 0 Å². The van der Waals surface area contributed by atoms with Crippen LogP contribution in [0.3, 0.4) is 0 Å². The van der Waals surface area contributed by atoms with Crippen molar-refractivity contribution in [2.75, 3.05) is 6.54 Å². The van der Waals surface area contributed by atoms with Gasteiger partial charge in [-0.2, -0.15) is 0 Å². The number of aliphatic hydroxyl groups is 2. The number of rotatable bonds is 7. The largest absolute Gasteiger partial charge is 0.388 e. The summed E-state index contributed by atoms with van der Waals surface area (Å²) in [7, 11) is 0. The summed E-state index contributed by atoms with van der Waals surface area (Å²) in [6.07, 6.45) is -3.99. The van der Waals surface area contributed by atoms with E-state index in [1.165, 1.54) is 0 Å². The number of amides is 3. The fourth-order valence-electron chi connectivity index (χ4n) is 4.00. The van der Waals surface area contributed by atoms with E-state index in [-0.39, 0.29) is 12.5 Å².